The third-order valence-electron chi connectivity index (χ3n) is 1.87. The molecule has 1 heterocycles. The van der Waals surface area contributed by atoms with Crippen molar-refractivity contribution in [2.75, 3.05) is 19.6 Å². The highest BCUT2D eigenvalue weighted by Gasteiger charge is 2.19. The predicted molar refractivity (Wildman–Crippen MR) is 53.4 cm³/mol. The number of hydrogen-bond donors (Lipinski definition) is 0. The first-order valence-electron chi connectivity index (χ1n) is 3.84. The third-order valence-corrected chi connectivity index (χ3v) is 2.99. The van der Waals surface area contributed by atoms with Gasteiger partial charge in [-0.05, 0) is 25.5 Å². The van der Waals surface area contributed by atoms with E-state index in [0.717, 1.165) is 13.1 Å². The van der Waals surface area contributed by atoms with Crippen molar-refractivity contribution < 1.29 is 0 Å². The first-order chi connectivity index (χ1) is 5.22. The summed E-state index contributed by atoms with van der Waals surface area (Å²) in [7, 11) is 0. The molecule has 64 valence electrons. The van der Waals surface area contributed by atoms with Gasteiger partial charge < -0.3 is 0 Å². The number of nitrogens with zero attached hydrogens (tertiary/aromatic N) is 1. The molecule has 1 saturated heterocycles. The zero-order valence-corrected chi connectivity index (χ0v) is 9.03. The van der Waals surface area contributed by atoms with Crippen LogP contribution in [0.3, 0.4) is 0 Å². The Bertz CT molecular complexity index is 158. The summed E-state index contributed by atoms with van der Waals surface area (Å²) in [5, 5.41) is 0. The summed E-state index contributed by atoms with van der Waals surface area (Å²) in [6, 6.07) is 0. The van der Waals surface area contributed by atoms with E-state index < -0.39 is 0 Å². The topological polar surface area (TPSA) is 3.24 Å². The van der Waals surface area contributed by atoms with Gasteiger partial charge in [0.1, 0.15) is 0 Å². The molecular formula is C8H13BrClN. The Morgan fingerprint density at radius 2 is 2.55 bits per heavy atom. The molecule has 0 aromatic heterocycles. The molecule has 3 heteroatoms. The first kappa shape index (κ1) is 9.56. The summed E-state index contributed by atoms with van der Waals surface area (Å²) in [4.78, 5) is 3.10. The van der Waals surface area contributed by atoms with Crippen LogP contribution in [0.15, 0.2) is 11.1 Å². The van der Waals surface area contributed by atoms with E-state index >= 15 is 0 Å². The maximum Gasteiger partial charge on any atom is 0.0285 e. The van der Waals surface area contributed by atoms with Crippen LogP contribution in [0.1, 0.15) is 13.3 Å². The van der Waals surface area contributed by atoms with Gasteiger partial charge in [0, 0.05) is 23.5 Å². The van der Waals surface area contributed by atoms with E-state index in [1.165, 1.54) is 18.5 Å². The second-order valence-corrected chi connectivity index (χ2v) is 4.59. The Hall–Kier alpha value is 0.470. The lowest BCUT2D eigenvalue weighted by Crippen LogP contribution is -2.22. The lowest BCUT2D eigenvalue weighted by atomic mass is 10.3. The van der Waals surface area contributed by atoms with E-state index in [0.29, 0.717) is 4.83 Å². The molecule has 0 radical (unpaired) electrons. The molecule has 1 aliphatic heterocycles. The highest BCUT2D eigenvalue weighted by molar-refractivity contribution is 9.09. The third kappa shape index (κ3) is 3.14. The lowest BCUT2D eigenvalue weighted by Gasteiger charge is -2.14. The van der Waals surface area contributed by atoms with Crippen LogP contribution in [0.2, 0.25) is 0 Å². The summed E-state index contributed by atoms with van der Waals surface area (Å²) in [5.74, 6) is 0. The summed E-state index contributed by atoms with van der Waals surface area (Å²) in [6.45, 7) is 5.43. The van der Waals surface area contributed by atoms with Crippen LogP contribution in [0, 0.1) is 0 Å². The summed E-state index contributed by atoms with van der Waals surface area (Å²) >= 11 is 9.16. The number of hydrogen-bond acceptors (Lipinski definition) is 1. The smallest absolute Gasteiger partial charge is 0.0285 e. The van der Waals surface area contributed by atoms with Crippen molar-refractivity contribution in [3.63, 3.8) is 0 Å². The molecule has 0 aromatic carbocycles. The van der Waals surface area contributed by atoms with Gasteiger partial charge in [0.25, 0.3) is 0 Å². The zero-order valence-electron chi connectivity index (χ0n) is 6.69. The van der Waals surface area contributed by atoms with E-state index in [-0.39, 0.29) is 0 Å². The average molecular weight is 239 g/mol. The van der Waals surface area contributed by atoms with Gasteiger partial charge in [-0.1, -0.05) is 27.5 Å². The highest BCUT2D eigenvalue weighted by atomic mass is 79.9. The Morgan fingerprint density at radius 3 is 3.00 bits per heavy atom. The first-order valence-corrected chi connectivity index (χ1v) is 5.20. The van der Waals surface area contributed by atoms with E-state index in [9.17, 15) is 0 Å². The Morgan fingerprint density at radius 1 is 1.82 bits per heavy atom. The lowest BCUT2D eigenvalue weighted by molar-refractivity contribution is 0.370. The van der Waals surface area contributed by atoms with Crippen LogP contribution in [0.4, 0.5) is 0 Å². The van der Waals surface area contributed by atoms with Crippen molar-refractivity contribution >= 4 is 27.5 Å². The minimum Gasteiger partial charge on any atom is -0.298 e. The number of halogens is 2. The van der Waals surface area contributed by atoms with Crippen molar-refractivity contribution in [1.29, 1.82) is 0 Å². The number of alkyl halides is 1. The number of rotatable bonds is 2. The molecule has 1 aliphatic rings. The van der Waals surface area contributed by atoms with Gasteiger partial charge in [-0.15, -0.1) is 0 Å². The standard InChI is InChI=1S/C8H13BrClN/c1-7(4-10)5-11-3-2-8(9)6-11/h4,8H,2-3,5-6H2,1H3/b7-4+. The Kier molecular flexibility index (Phi) is 3.90. The van der Waals surface area contributed by atoms with E-state index in [1.54, 1.807) is 5.54 Å². The SMILES string of the molecule is C/C(=C\Cl)CN1CCC(Br)C1. The van der Waals surface area contributed by atoms with Crippen LogP contribution in [0.5, 0.6) is 0 Å². The van der Waals surface area contributed by atoms with Crippen LogP contribution in [-0.4, -0.2) is 29.4 Å². The van der Waals surface area contributed by atoms with Crippen LogP contribution in [-0.2, 0) is 0 Å². The number of likely N-dealkylation sites (tertiary alicyclic amines) is 1. The zero-order chi connectivity index (χ0) is 8.27. The second-order valence-electron chi connectivity index (χ2n) is 3.08. The molecule has 1 fully saturated rings. The monoisotopic (exact) mass is 237 g/mol. The van der Waals surface area contributed by atoms with Gasteiger partial charge in [0.05, 0.1) is 0 Å². The molecule has 1 nitrogen and oxygen atoms in total. The van der Waals surface area contributed by atoms with Gasteiger partial charge in [0.2, 0.25) is 0 Å². The van der Waals surface area contributed by atoms with E-state index in [2.05, 4.69) is 27.8 Å². The van der Waals surface area contributed by atoms with Crippen molar-refractivity contribution in [2.45, 2.75) is 18.2 Å². The molecule has 0 N–H and O–H groups in total. The van der Waals surface area contributed by atoms with Crippen LogP contribution in [0.25, 0.3) is 0 Å². The molecule has 1 atom stereocenters. The average Bonchev–Trinajstić information content (AvgIpc) is 2.35. The molecule has 11 heavy (non-hydrogen) atoms. The summed E-state index contributed by atoms with van der Waals surface area (Å²) in [5.41, 5.74) is 2.91. The van der Waals surface area contributed by atoms with Crippen LogP contribution >= 0.6 is 27.5 Å². The van der Waals surface area contributed by atoms with Gasteiger partial charge in [-0.25, -0.2) is 0 Å². The minimum absolute atomic E-state index is 0.686. The quantitative estimate of drug-likeness (QED) is 0.669. The Labute approximate surface area is 81.5 Å². The fourth-order valence-corrected chi connectivity index (χ4v) is 2.00. The molecule has 0 saturated carbocycles. The molecule has 1 unspecified atom stereocenters. The van der Waals surface area contributed by atoms with E-state index in [1.807, 2.05) is 0 Å². The normalized spacial score (nSPS) is 27.9. The molecule has 0 aromatic rings. The molecule has 0 spiro atoms. The largest absolute Gasteiger partial charge is 0.298 e. The molecular weight excluding hydrogens is 225 g/mol. The molecule has 1 rings (SSSR count). The summed E-state index contributed by atoms with van der Waals surface area (Å²) < 4.78 is 0. The van der Waals surface area contributed by atoms with Crippen molar-refractivity contribution in [3.8, 4) is 0 Å². The maximum atomic E-state index is 5.57. The van der Waals surface area contributed by atoms with Crippen molar-refractivity contribution in [1.82, 2.24) is 4.90 Å². The fourth-order valence-electron chi connectivity index (χ4n) is 1.32. The highest BCUT2D eigenvalue weighted by Crippen LogP contribution is 2.17. The van der Waals surface area contributed by atoms with E-state index in [4.69, 9.17) is 11.6 Å². The van der Waals surface area contributed by atoms with Crippen molar-refractivity contribution in [3.05, 3.63) is 11.1 Å². The van der Waals surface area contributed by atoms with Gasteiger partial charge in [0.15, 0.2) is 0 Å². The van der Waals surface area contributed by atoms with Gasteiger partial charge in [-0.3, -0.25) is 4.90 Å². The van der Waals surface area contributed by atoms with Crippen molar-refractivity contribution in [2.24, 2.45) is 0 Å². The predicted octanol–water partition coefficient (Wildman–Crippen LogP) is 2.60. The fraction of sp³-hybridized carbons (Fsp3) is 0.750. The maximum absolute atomic E-state index is 5.57. The molecule has 0 aliphatic carbocycles. The molecule has 0 amide bonds. The Balaban J connectivity index is 2.28. The molecule has 0 bridgehead atoms. The minimum atomic E-state index is 0.686. The second kappa shape index (κ2) is 4.48. The van der Waals surface area contributed by atoms with Crippen LogP contribution < -0.4 is 0 Å². The van der Waals surface area contributed by atoms with Gasteiger partial charge in [-0.2, -0.15) is 0 Å². The summed E-state index contributed by atoms with van der Waals surface area (Å²) in [6.07, 6.45) is 1.26. The van der Waals surface area contributed by atoms with Gasteiger partial charge >= 0.3 is 0 Å².